The fourth-order valence-electron chi connectivity index (χ4n) is 2.43. The zero-order valence-corrected chi connectivity index (χ0v) is 10.7. The zero-order chi connectivity index (χ0) is 11.3. The van der Waals surface area contributed by atoms with E-state index in [9.17, 15) is 0 Å². The lowest BCUT2D eigenvalue weighted by Crippen LogP contribution is -2.33. The van der Waals surface area contributed by atoms with E-state index in [1.807, 2.05) is 0 Å². The van der Waals surface area contributed by atoms with Gasteiger partial charge in [0.1, 0.15) is 0 Å². The van der Waals surface area contributed by atoms with Crippen LogP contribution in [0.4, 0.5) is 0 Å². The van der Waals surface area contributed by atoms with Gasteiger partial charge in [0.25, 0.3) is 0 Å². The molecule has 0 radical (unpaired) electrons. The molecule has 1 aliphatic carbocycles. The van der Waals surface area contributed by atoms with Crippen molar-refractivity contribution >= 4 is 0 Å². The number of hydrogen-bond acceptors (Lipinski definition) is 1. The Balaban J connectivity index is 2.22. The van der Waals surface area contributed by atoms with Crippen LogP contribution >= 0.6 is 0 Å². The molecule has 1 heteroatoms. The van der Waals surface area contributed by atoms with Crippen LogP contribution in [0.15, 0.2) is 12.3 Å². The SMILES string of the molecule is C=C(NC1CCC(CCC)CC1)C(C)C. The zero-order valence-electron chi connectivity index (χ0n) is 10.7. The van der Waals surface area contributed by atoms with Gasteiger partial charge in [-0.25, -0.2) is 0 Å². The summed E-state index contributed by atoms with van der Waals surface area (Å²) in [4.78, 5) is 0. The number of allylic oxidation sites excluding steroid dienone is 1. The molecule has 1 aliphatic rings. The van der Waals surface area contributed by atoms with Gasteiger partial charge in [0, 0.05) is 11.7 Å². The summed E-state index contributed by atoms with van der Waals surface area (Å²) >= 11 is 0. The topological polar surface area (TPSA) is 12.0 Å². The molecular formula is C14H27N. The molecule has 88 valence electrons. The maximum absolute atomic E-state index is 4.09. The number of rotatable bonds is 5. The molecule has 0 unspecified atom stereocenters. The minimum Gasteiger partial charge on any atom is -0.386 e. The molecular weight excluding hydrogens is 182 g/mol. The molecule has 0 spiro atoms. The van der Waals surface area contributed by atoms with E-state index in [2.05, 4.69) is 32.7 Å². The summed E-state index contributed by atoms with van der Waals surface area (Å²) in [5.74, 6) is 1.57. The van der Waals surface area contributed by atoms with Crippen molar-refractivity contribution in [1.82, 2.24) is 5.32 Å². The molecule has 15 heavy (non-hydrogen) atoms. The molecule has 0 aromatic rings. The van der Waals surface area contributed by atoms with E-state index in [1.54, 1.807) is 0 Å². The monoisotopic (exact) mass is 209 g/mol. The van der Waals surface area contributed by atoms with Crippen molar-refractivity contribution in [2.45, 2.75) is 65.3 Å². The van der Waals surface area contributed by atoms with Crippen LogP contribution in [-0.2, 0) is 0 Å². The van der Waals surface area contributed by atoms with Crippen molar-refractivity contribution in [3.63, 3.8) is 0 Å². The maximum atomic E-state index is 4.09. The van der Waals surface area contributed by atoms with Gasteiger partial charge in [-0.3, -0.25) is 0 Å². The molecule has 0 amide bonds. The first-order valence-corrected chi connectivity index (χ1v) is 6.58. The first-order valence-electron chi connectivity index (χ1n) is 6.58. The maximum Gasteiger partial charge on any atom is 0.0258 e. The van der Waals surface area contributed by atoms with Crippen LogP contribution in [0.25, 0.3) is 0 Å². The molecule has 0 aromatic heterocycles. The average Bonchev–Trinajstić information content (AvgIpc) is 2.21. The van der Waals surface area contributed by atoms with Gasteiger partial charge in [-0.15, -0.1) is 0 Å². The Morgan fingerprint density at radius 3 is 2.33 bits per heavy atom. The summed E-state index contributed by atoms with van der Waals surface area (Å²) in [6.07, 6.45) is 8.29. The second-order valence-corrected chi connectivity index (χ2v) is 5.33. The fraction of sp³-hybridized carbons (Fsp3) is 0.857. The fourth-order valence-corrected chi connectivity index (χ4v) is 2.43. The molecule has 0 aromatic carbocycles. The van der Waals surface area contributed by atoms with Gasteiger partial charge in [0.15, 0.2) is 0 Å². The van der Waals surface area contributed by atoms with Gasteiger partial charge < -0.3 is 5.32 Å². The second kappa shape index (κ2) is 6.19. The molecule has 1 saturated carbocycles. The van der Waals surface area contributed by atoms with Crippen LogP contribution in [0.3, 0.4) is 0 Å². The Bertz CT molecular complexity index is 188. The second-order valence-electron chi connectivity index (χ2n) is 5.33. The summed E-state index contributed by atoms with van der Waals surface area (Å²) < 4.78 is 0. The third-order valence-corrected chi connectivity index (χ3v) is 3.63. The van der Waals surface area contributed by atoms with E-state index in [0.29, 0.717) is 12.0 Å². The first kappa shape index (κ1) is 12.6. The van der Waals surface area contributed by atoms with E-state index in [1.165, 1.54) is 44.2 Å². The van der Waals surface area contributed by atoms with Gasteiger partial charge in [0.05, 0.1) is 0 Å². The average molecular weight is 209 g/mol. The highest BCUT2D eigenvalue weighted by atomic mass is 14.9. The van der Waals surface area contributed by atoms with Crippen molar-refractivity contribution in [1.29, 1.82) is 0 Å². The third-order valence-electron chi connectivity index (χ3n) is 3.63. The normalized spacial score (nSPS) is 26.7. The molecule has 0 aliphatic heterocycles. The minimum absolute atomic E-state index is 0.568. The molecule has 1 N–H and O–H groups in total. The van der Waals surface area contributed by atoms with Gasteiger partial charge in [-0.1, -0.05) is 40.2 Å². The lowest BCUT2D eigenvalue weighted by atomic mass is 9.83. The lowest BCUT2D eigenvalue weighted by molar-refractivity contribution is 0.285. The Kier molecular flexibility index (Phi) is 5.21. The van der Waals surface area contributed by atoms with Crippen LogP contribution in [0.2, 0.25) is 0 Å². The largest absolute Gasteiger partial charge is 0.386 e. The highest BCUT2D eigenvalue weighted by molar-refractivity contribution is 4.97. The Labute approximate surface area is 95.3 Å². The van der Waals surface area contributed by atoms with E-state index in [0.717, 1.165) is 5.92 Å². The van der Waals surface area contributed by atoms with Crippen LogP contribution in [-0.4, -0.2) is 6.04 Å². The van der Waals surface area contributed by atoms with Crippen molar-refractivity contribution in [3.8, 4) is 0 Å². The molecule has 0 saturated heterocycles. The number of nitrogens with one attached hydrogen (secondary N) is 1. The summed E-state index contributed by atoms with van der Waals surface area (Å²) in [5.41, 5.74) is 1.22. The Morgan fingerprint density at radius 2 is 1.87 bits per heavy atom. The predicted octanol–water partition coefficient (Wildman–Crippen LogP) is 4.10. The summed E-state index contributed by atoms with van der Waals surface area (Å²) in [5, 5.41) is 3.59. The summed E-state index contributed by atoms with van der Waals surface area (Å²) in [7, 11) is 0. The van der Waals surface area contributed by atoms with Gasteiger partial charge in [-0.2, -0.15) is 0 Å². The van der Waals surface area contributed by atoms with Crippen LogP contribution < -0.4 is 5.32 Å². The van der Waals surface area contributed by atoms with Crippen molar-refractivity contribution in [3.05, 3.63) is 12.3 Å². The van der Waals surface area contributed by atoms with Gasteiger partial charge >= 0.3 is 0 Å². The Hall–Kier alpha value is -0.460. The molecule has 0 atom stereocenters. The van der Waals surface area contributed by atoms with Crippen LogP contribution in [0.5, 0.6) is 0 Å². The quantitative estimate of drug-likeness (QED) is 0.718. The molecule has 0 heterocycles. The molecule has 1 rings (SSSR count). The standard InChI is InChI=1S/C14H27N/c1-5-6-13-7-9-14(10-8-13)15-12(4)11(2)3/h11,13-15H,4-10H2,1-3H3. The van der Waals surface area contributed by atoms with E-state index < -0.39 is 0 Å². The molecule has 1 nitrogen and oxygen atoms in total. The van der Waals surface area contributed by atoms with E-state index in [4.69, 9.17) is 0 Å². The number of hydrogen-bond donors (Lipinski definition) is 1. The highest BCUT2D eigenvalue weighted by Crippen LogP contribution is 2.28. The minimum atomic E-state index is 0.568. The van der Waals surface area contributed by atoms with E-state index in [-0.39, 0.29) is 0 Å². The van der Waals surface area contributed by atoms with Gasteiger partial charge in [0.2, 0.25) is 0 Å². The van der Waals surface area contributed by atoms with Crippen LogP contribution in [0, 0.1) is 11.8 Å². The highest BCUT2D eigenvalue weighted by Gasteiger charge is 2.20. The third kappa shape index (κ3) is 4.27. The predicted molar refractivity (Wildman–Crippen MR) is 67.8 cm³/mol. The molecule has 0 bridgehead atoms. The summed E-state index contributed by atoms with van der Waals surface area (Å²) in [6.45, 7) is 10.8. The Morgan fingerprint density at radius 1 is 1.27 bits per heavy atom. The van der Waals surface area contributed by atoms with Crippen molar-refractivity contribution in [2.75, 3.05) is 0 Å². The smallest absolute Gasteiger partial charge is 0.0258 e. The molecule has 1 fully saturated rings. The lowest BCUT2D eigenvalue weighted by Gasteiger charge is -2.31. The summed E-state index contributed by atoms with van der Waals surface area (Å²) in [6, 6.07) is 0.702. The van der Waals surface area contributed by atoms with Gasteiger partial charge in [-0.05, 0) is 37.5 Å². The van der Waals surface area contributed by atoms with E-state index >= 15 is 0 Å². The first-order chi connectivity index (χ1) is 7.13. The van der Waals surface area contributed by atoms with Crippen molar-refractivity contribution in [2.24, 2.45) is 11.8 Å². The van der Waals surface area contributed by atoms with Crippen molar-refractivity contribution < 1.29 is 0 Å². The van der Waals surface area contributed by atoms with Crippen LogP contribution in [0.1, 0.15) is 59.3 Å².